The molecule has 0 heterocycles. The number of rotatable bonds is 4. The molecular weight excluding hydrogens is 258 g/mol. The van der Waals surface area contributed by atoms with E-state index in [1.165, 1.54) is 5.56 Å². The quantitative estimate of drug-likeness (QED) is 0.760. The molecule has 1 unspecified atom stereocenters. The normalized spacial score (nSPS) is 13.2. The number of amides is 1. The lowest BCUT2D eigenvalue weighted by Crippen LogP contribution is -2.33. The molecule has 1 aromatic carbocycles. The molecule has 0 saturated carbocycles. The minimum Gasteiger partial charge on any atom is -0.342 e. The summed E-state index contributed by atoms with van der Waals surface area (Å²) in [6.07, 6.45) is 0. The molecule has 1 atom stereocenters. The van der Waals surface area contributed by atoms with Crippen molar-refractivity contribution in [3.63, 3.8) is 0 Å². The van der Waals surface area contributed by atoms with Crippen molar-refractivity contribution in [2.75, 3.05) is 13.1 Å². The van der Waals surface area contributed by atoms with Crippen LogP contribution in [-0.2, 0) is 10.2 Å². The number of likely N-dealkylation sites (N-methyl/N-ethyl adjacent to an activating group) is 1. The first-order valence-corrected chi connectivity index (χ1v) is 7.28. The highest BCUT2D eigenvalue weighted by Crippen LogP contribution is 2.27. The van der Waals surface area contributed by atoms with E-state index in [2.05, 4.69) is 32.9 Å². The van der Waals surface area contributed by atoms with Gasteiger partial charge in [0.2, 0.25) is 5.91 Å². The third-order valence-corrected chi connectivity index (χ3v) is 3.80. The topological polar surface area (TPSA) is 20.3 Å². The summed E-state index contributed by atoms with van der Waals surface area (Å²) in [6.45, 7) is 11.8. The average molecular weight is 282 g/mol. The second kappa shape index (κ2) is 6.42. The molecule has 1 amide bonds. The van der Waals surface area contributed by atoms with E-state index in [1.807, 2.05) is 26.0 Å². The van der Waals surface area contributed by atoms with Gasteiger partial charge in [0, 0.05) is 13.1 Å². The van der Waals surface area contributed by atoms with Crippen LogP contribution in [0.15, 0.2) is 24.3 Å². The van der Waals surface area contributed by atoms with E-state index in [0.717, 1.165) is 5.56 Å². The standard InChI is InChI=1S/C16H24ClNO/c1-6-18(7-2)15(19)14(17)12-8-10-13(11-9-12)16(3,4)5/h8-11,14H,6-7H2,1-5H3. The van der Waals surface area contributed by atoms with Crippen molar-refractivity contribution >= 4 is 17.5 Å². The van der Waals surface area contributed by atoms with Crippen molar-refractivity contribution in [1.82, 2.24) is 4.90 Å². The van der Waals surface area contributed by atoms with Gasteiger partial charge >= 0.3 is 0 Å². The van der Waals surface area contributed by atoms with Gasteiger partial charge in [0.1, 0.15) is 5.38 Å². The van der Waals surface area contributed by atoms with Crippen molar-refractivity contribution in [3.8, 4) is 0 Å². The summed E-state index contributed by atoms with van der Waals surface area (Å²) >= 11 is 6.28. The number of alkyl halides is 1. The lowest BCUT2D eigenvalue weighted by atomic mass is 9.86. The Bertz CT molecular complexity index is 415. The van der Waals surface area contributed by atoms with Gasteiger partial charge in [0.25, 0.3) is 0 Å². The van der Waals surface area contributed by atoms with Crippen molar-refractivity contribution in [3.05, 3.63) is 35.4 Å². The molecule has 0 saturated heterocycles. The van der Waals surface area contributed by atoms with Gasteiger partial charge in [-0.25, -0.2) is 0 Å². The zero-order chi connectivity index (χ0) is 14.6. The molecule has 0 aliphatic carbocycles. The monoisotopic (exact) mass is 281 g/mol. The molecule has 3 heteroatoms. The summed E-state index contributed by atoms with van der Waals surface area (Å²) < 4.78 is 0. The van der Waals surface area contributed by atoms with Crippen LogP contribution in [0.2, 0.25) is 0 Å². The summed E-state index contributed by atoms with van der Waals surface area (Å²) in [7, 11) is 0. The van der Waals surface area contributed by atoms with E-state index < -0.39 is 5.38 Å². The predicted octanol–water partition coefficient (Wildman–Crippen LogP) is 4.13. The highest BCUT2D eigenvalue weighted by atomic mass is 35.5. The highest BCUT2D eigenvalue weighted by Gasteiger charge is 2.22. The van der Waals surface area contributed by atoms with Crippen LogP contribution >= 0.6 is 11.6 Å². The van der Waals surface area contributed by atoms with E-state index in [1.54, 1.807) is 4.90 Å². The van der Waals surface area contributed by atoms with Crippen LogP contribution in [0.1, 0.15) is 51.1 Å². The fraction of sp³-hybridized carbons (Fsp3) is 0.562. The lowest BCUT2D eigenvalue weighted by molar-refractivity contribution is -0.130. The molecule has 0 spiro atoms. The molecule has 0 radical (unpaired) electrons. The molecule has 0 N–H and O–H groups in total. The number of halogens is 1. The third-order valence-electron chi connectivity index (χ3n) is 3.36. The van der Waals surface area contributed by atoms with E-state index >= 15 is 0 Å². The molecule has 0 bridgehead atoms. The molecule has 0 aromatic heterocycles. The van der Waals surface area contributed by atoms with Gasteiger partial charge in [-0.15, -0.1) is 11.6 Å². The Hall–Kier alpha value is -1.02. The summed E-state index contributed by atoms with van der Waals surface area (Å²) in [5.74, 6) is -0.0184. The fourth-order valence-electron chi connectivity index (χ4n) is 1.99. The zero-order valence-corrected chi connectivity index (χ0v) is 13.3. The first-order valence-electron chi connectivity index (χ1n) is 6.84. The number of nitrogens with zero attached hydrogens (tertiary/aromatic N) is 1. The van der Waals surface area contributed by atoms with Gasteiger partial charge in [-0.3, -0.25) is 4.79 Å². The fourth-order valence-corrected chi connectivity index (χ4v) is 2.27. The Balaban J connectivity index is 2.89. The van der Waals surface area contributed by atoms with Gasteiger partial charge in [0.15, 0.2) is 0 Å². The van der Waals surface area contributed by atoms with E-state index in [-0.39, 0.29) is 11.3 Å². The summed E-state index contributed by atoms with van der Waals surface area (Å²) in [5, 5.41) is -0.589. The number of carbonyl (C=O) groups excluding carboxylic acids is 1. The van der Waals surface area contributed by atoms with Crippen molar-refractivity contribution < 1.29 is 4.79 Å². The van der Waals surface area contributed by atoms with Crippen LogP contribution in [-0.4, -0.2) is 23.9 Å². The van der Waals surface area contributed by atoms with Crippen molar-refractivity contribution in [1.29, 1.82) is 0 Å². The smallest absolute Gasteiger partial charge is 0.245 e. The second-order valence-corrected chi connectivity index (χ2v) is 6.18. The first kappa shape index (κ1) is 16.0. The van der Waals surface area contributed by atoms with Gasteiger partial charge in [-0.2, -0.15) is 0 Å². The Labute approximate surface area is 121 Å². The first-order chi connectivity index (χ1) is 8.81. The van der Waals surface area contributed by atoms with Crippen LogP contribution in [0, 0.1) is 0 Å². The molecule has 1 rings (SSSR count). The summed E-state index contributed by atoms with van der Waals surface area (Å²) in [5.41, 5.74) is 2.23. The molecular formula is C16H24ClNO. The minimum absolute atomic E-state index is 0.0184. The van der Waals surface area contributed by atoms with Crippen LogP contribution < -0.4 is 0 Å². The molecule has 0 aliphatic heterocycles. The Morgan fingerprint density at radius 1 is 1.16 bits per heavy atom. The second-order valence-electron chi connectivity index (χ2n) is 5.75. The van der Waals surface area contributed by atoms with E-state index in [4.69, 9.17) is 11.6 Å². The number of carbonyl (C=O) groups is 1. The number of hydrogen-bond donors (Lipinski definition) is 0. The molecule has 0 fully saturated rings. The molecule has 0 aliphatic rings. The number of benzene rings is 1. The Morgan fingerprint density at radius 3 is 2.00 bits per heavy atom. The van der Waals surface area contributed by atoms with Crippen LogP contribution in [0.4, 0.5) is 0 Å². The van der Waals surface area contributed by atoms with Crippen LogP contribution in [0.25, 0.3) is 0 Å². The van der Waals surface area contributed by atoms with Crippen molar-refractivity contribution in [2.24, 2.45) is 0 Å². The maximum absolute atomic E-state index is 12.2. The Morgan fingerprint density at radius 2 is 1.63 bits per heavy atom. The maximum Gasteiger partial charge on any atom is 0.245 e. The minimum atomic E-state index is -0.589. The van der Waals surface area contributed by atoms with Crippen LogP contribution in [0.5, 0.6) is 0 Å². The highest BCUT2D eigenvalue weighted by molar-refractivity contribution is 6.30. The maximum atomic E-state index is 12.2. The van der Waals surface area contributed by atoms with Gasteiger partial charge in [-0.1, -0.05) is 45.0 Å². The molecule has 106 valence electrons. The van der Waals surface area contributed by atoms with E-state index in [9.17, 15) is 4.79 Å². The molecule has 19 heavy (non-hydrogen) atoms. The largest absolute Gasteiger partial charge is 0.342 e. The van der Waals surface area contributed by atoms with Crippen LogP contribution in [0.3, 0.4) is 0 Å². The lowest BCUT2D eigenvalue weighted by Gasteiger charge is -2.23. The Kier molecular flexibility index (Phi) is 5.42. The number of hydrogen-bond acceptors (Lipinski definition) is 1. The third kappa shape index (κ3) is 3.97. The van der Waals surface area contributed by atoms with E-state index in [0.29, 0.717) is 13.1 Å². The predicted molar refractivity (Wildman–Crippen MR) is 81.7 cm³/mol. The SMILES string of the molecule is CCN(CC)C(=O)C(Cl)c1ccc(C(C)(C)C)cc1. The zero-order valence-electron chi connectivity index (χ0n) is 12.5. The molecule has 2 nitrogen and oxygen atoms in total. The van der Waals surface area contributed by atoms with Crippen molar-refractivity contribution in [2.45, 2.75) is 45.4 Å². The van der Waals surface area contributed by atoms with Gasteiger partial charge < -0.3 is 4.90 Å². The summed E-state index contributed by atoms with van der Waals surface area (Å²) in [4.78, 5) is 13.9. The van der Waals surface area contributed by atoms with Gasteiger partial charge in [-0.05, 0) is 30.4 Å². The average Bonchev–Trinajstić information content (AvgIpc) is 2.38. The van der Waals surface area contributed by atoms with Gasteiger partial charge in [0.05, 0.1) is 0 Å². The molecule has 1 aromatic rings. The summed E-state index contributed by atoms with van der Waals surface area (Å²) in [6, 6.07) is 8.03.